The van der Waals surface area contributed by atoms with E-state index in [1.54, 1.807) is 6.92 Å². The Balaban J connectivity index is 0.00000125. The molecule has 4 aromatic rings. The topological polar surface area (TPSA) is 64.1 Å². The van der Waals surface area contributed by atoms with E-state index in [1.807, 2.05) is 0 Å². The van der Waals surface area contributed by atoms with Gasteiger partial charge in [-0.2, -0.15) is 0 Å². The molecule has 0 aromatic heterocycles. The number of aliphatic imine (C=N–C) groups is 2. The molecule has 7 heteroatoms. The SMILES string of the molecule is C(C[PH+](c1ccccc1)c1ccccc1)=NCCN=CC[PH+](c1ccccc1)c1ccccc1.CC=[N-].[C-]=O.[Fe+2]. The van der Waals surface area contributed by atoms with Crippen LogP contribution in [0.5, 0.6) is 0 Å². The van der Waals surface area contributed by atoms with Crippen LogP contribution < -0.4 is 21.2 Å². The zero-order chi connectivity index (χ0) is 28.0. The normalized spacial score (nSPS) is 10.4. The van der Waals surface area contributed by atoms with Gasteiger partial charge in [-0.3, -0.25) is 9.98 Å². The van der Waals surface area contributed by atoms with Gasteiger partial charge in [-0.1, -0.05) is 79.7 Å². The predicted molar refractivity (Wildman–Crippen MR) is 178 cm³/mol. The Bertz CT molecular complexity index is 1050. The van der Waals surface area contributed by atoms with E-state index in [0.717, 1.165) is 31.6 Å². The Hall–Kier alpha value is -3.06. The molecule has 1 radical (unpaired) electrons. The van der Waals surface area contributed by atoms with Crippen LogP contribution in [0, 0.1) is 0 Å². The van der Waals surface area contributed by atoms with Gasteiger partial charge in [0.05, 0.1) is 50.2 Å². The molecule has 4 nitrogen and oxygen atoms in total. The van der Waals surface area contributed by atoms with Crippen LogP contribution in [0.2, 0.25) is 0 Å². The summed E-state index contributed by atoms with van der Waals surface area (Å²) in [6.07, 6.45) is 7.23. The summed E-state index contributed by atoms with van der Waals surface area (Å²) in [6.45, 7) is 7.54. The van der Waals surface area contributed by atoms with Crippen LogP contribution in [0.3, 0.4) is 0 Å². The zero-order valence-electron chi connectivity index (χ0n) is 22.7. The molecule has 0 spiro atoms. The van der Waals surface area contributed by atoms with E-state index in [2.05, 4.69) is 141 Å². The smallest absolute Gasteiger partial charge is 0.814 e. The maximum absolute atomic E-state index is 7.50. The summed E-state index contributed by atoms with van der Waals surface area (Å²) in [4.78, 5) is 16.9. The third-order valence-corrected chi connectivity index (χ3v) is 11.0. The minimum atomic E-state index is -0.852. The number of nitrogens with zero attached hydrogens (tertiary/aromatic N) is 3. The van der Waals surface area contributed by atoms with Crippen LogP contribution in [0.25, 0.3) is 5.41 Å². The zero-order valence-corrected chi connectivity index (χ0v) is 25.8. The van der Waals surface area contributed by atoms with Gasteiger partial charge < -0.3 is 17.0 Å². The Kier molecular flexibility index (Phi) is 19.9. The molecule has 0 saturated heterocycles. The van der Waals surface area contributed by atoms with Gasteiger partial charge in [0.1, 0.15) is 12.3 Å². The third kappa shape index (κ3) is 12.9. The molecular formula is C33H36FeN3OP2+2. The molecule has 0 atom stereocenters. The number of rotatable bonds is 11. The average Bonchev–Trinajstić information content (AvgIpc) is 3.01. The van der Waals surface area contributed by atoms with Crippen molar-refractivity contribution in [3.63, 3.8) is 0 Å². The minimum Gasteiger partial charge on any atom is -0.814 e. The monoisotopic (exact) mass is 608 g/mol. The summed E-state index contributed by atoms with van der Waals surface area (Å²) in [7, 11) is -1.70. The van der Waals surface area contributed by atoms with Crippen LogP contribution >= 0.6 is 15.8 Å². The third-order valence-electron chi connectivity index (χ3n) is 5.70. The van der Waals surface area contributed by atoms with Crippen LogP contribution in [-0.2, 0) is 21.9 Å². The van der Waals surface area contributed by atoms with Gasteiger partial charge in [-0.15, -0.1) is 0 Å². The fourth-order valence-electron chi connectivity index (χ4n) is 3.97. The van der Waals surface area contributed by atoms with E-state index in [-0.39, 0.29) is 17.1 Å². The van der Waals surface area contributed by atoms with E-state index in [1.165, 1.54) is 21.2 Å². The van der Waals surface area contributed by atoms with Crippen molar-refractivity contribution in [2.75, 3.05) is 25.4 Å². The van der Waals surface area contributed by atoms with Gasteiger partial charge in [0, 0.05) is 12.4 Å². The number of hydrogen-bond acceptors (Lipinski definition) is 3. The predicted octanol–water partition coefficient (Wildman–Crippen LogP) is 5.11. The van der Waals surface area contributed by atoms with Gasteiger partial charge in [0.25, 0.3) is 0 Å². The Morgan fingerprint density at radius 3 is 1.02 bits per heavy atom. The molecule has 0 heterocycles. The Labute approximate surface area is 252 Å². The first kappa shape index (κ1) is 35.0. The molecule has 0 N–H and O–H groups in total. The second-order valence-corrected chi connectivity index (χ2v) is 13.3. The first-order valence-corrected chi connectivity index (χ1v) is 16.3. The molecule has 205 valence electrons. The summed E-state index contributed by atoms with van der Waals surface area (Å²) in [5.74, 6) is 0. The molecule has 4 aromatic carbocycles. The van der Waals surface area contributed by atoms with E-state index in [9.17, 15) is 0 Å². The minimum absolute atomic E-state index is 0. The van der Waals surface area contributed by atoms with Gasteiger partial charge in [0.2, 0.25) is 0 Å². The van der Waals surface area contributed by atoms with Crippen LogP contribution in [0.15, 0.2) is 131 Å². The first-order valence-electron chi connectivity index (χ1n) is 12.9. The molecule has 0 aliphatic heterocycles. The fourth-order valence-corrected chi connectivity index (χ4v) is 8.58. The van der Waals surface area contributed by atoms with Crippen molar-refractivity contribution in [3.8, 4) is 0 Å². The van der Waals surface area contributed by atoms with Crippen LogP contribution in [0.4, 0.5) is 0 Å². The van der Waals surface area contributed by atoms with E-state index < -0.39 is 15.8 Å². The quantitative estimate of drug-likeness (QED) is 0.0769. The van der Waals surface area contributed by atoms with Crippen molar-refractivity contribution < 1.29 is 21.9 Å². The van der Waals surface area contributed by atoms with Crippen molar-refractivity contribution in [3.05, 3.63) is 127 Å². The van der Waals surface area contributed by atoms with Gasteiger partial charge in [-0.05, 0) is 48.5 Å². The largest absolute Gasteiger partial charge is 2.00 e. The molecule has 0 fully saturated rings. The molecule has 0 unspecified atom stereocenters. The Morgan fingerprint density at radius 1 is 0.575 bits per heavy atom. The number of carbonyl (C=O) groups excluding carboxylic acids is 1. The van der Waals surface area contributed by atoms with Crippen LogP contribution in [0.1, 0.15) is 6.92 Å². The maximum atomic E-state index is 7.50. The van der Waals surface area contributed by atoms with E-state index in [4.69, 9.17) is 20.2 Å². The number of benzene rings is 4. The standard InChI is InChI=1S/C30H30N2P2.C2H4N.CO.Fe/c1-5-13-27(14-6-1)33(28-15-7-2-8-16-28)25-23-31-21-22-32-24-26-34(29-17-9-3-10-18-29)30-19-11-4-12-20-30;1-2-3;1-2;/h1-20,23-24H,21-22,25-26H2;2H,1H3;;/q;2*-1;+2/p+2. The van der Waals surface area contributed by atoms with E-state index >= 15 is 0 Å². The summed E-state index contributed by atoms with van der Waals surface area (Å²) < 4.78 is 0. The van der Waals surface area contributed by atoms with Crippen molar-refractivity contribution >= 4 is 62.5 Å². The molecule has 4 rings (SSSR count). The van der Waals surface area contributed by atoms with Crippen molar-refractivity contribution in [1.29, 1.82) is 0 Å². The molecule has 0 aliphatic rings. The summed E-state index contributed by atoms with van der Waals surface area (Å²) in [5, 5.41) is 13.2. The van der Waals surface area contributed by atoms with Gasteiger partial charge in [-0.25, -0.2) is 6.21 Å². The first-order chi connectivity index (χ1) is 19.3. The van der Waals surface area contributed by atoms with E-state index in [0.29, 0.717) is 0 Å². The molecular weight excluding hydrogens is 572 g/mol. The summed E-state index contributed by atoms with van der Waals surface area (Å²) in [5.41, 5.74) is 0. The Morgan fingerprint density at radius 2 is 0.800 bits per heavy atom. The van der Waals surface area contributed by atoms with Crippen molar-refractivity contribution in [2.45, 2.75) is 6.92 Å². The van der Waals surface area contributed by atoms with Crippen molar-refractivity contribution in [2.24, 2.45) is 9.98 Å². The maximum Gasteiger partial charge on any atom is 2.00 e. The van der Waals surface area contributed by atoms with Crippen molar-refractivity contribution in [1.82, 2.24) is 0 Å². The molecule has 40 heavy (non-hydrogen) atoms. The summed E-state index contributed by atoms with van der Waals surface area (Å²) >= 11 is 0. The van der Waals surface area contributed by atoms with Gasteiger partial charge >= 0.3 is 17.1 Å². The fraction of sp³-hybridized carbons (Fsp3) is 0.152. The molecule has 0 bridgehead atoms. The molecule has 0 aliphatic carbocycles. The van der Waals surface area contributed by atoms with Crippen LogP contribution in [-0.4, -0.2) is 50.8 Å². The number of hydrogen-bond donors (Lipinski definition) is 0. The molecule has 0 amide bonds. The second kappa shape index (κ2) is 22.7. The molecule has 0 saturated carbocycles. The second-order valence-electron chi connectivity index (χ2n) is 8.27. The average molecular weight is 608 g/mol. The summed E-state index contributed by atoms with van der Waals surface area (Å²) in [6, 6.07) is 43.4. The van der Waals surface area contributed by atoms with Gasteiger partial charge in [0.15, 0.2) is 0 Å².